The topological polar surface area (TPSA) is 75.1 Å². The van der Waals surface area contributed by atoms with Gasteiger partial charge in [0.15, 0.2) is 0 Å². The van der Waals surface area contributed by atoms with Gasteiger partial charge in [-0.05, 0) is 61.4 Å². The van der Waals surface area contributed by atoms with Crippen LogP contribution < -0.4 is 5.32 Å². The normalized spacial score (nSPS) is 11.4. The molecule has 3 heterocycles. The van der Waals surface area contributed by atoms with E-state index in [0.717, 1.165) is 32.4 Å². The van der Waals surface area contributed by atoms with Crippen LogP contribution >= 0.6 is 11.3 Å². The molecule has 3 aromatic heterocycles. The van der Waals surface area contributed by atoms with Crippen LogP contribution in [-0.4, -0.2) is 21.0 Å². The number of hydrogen-bond donors (Lipinski definition) is 2. The summed E-state index contributed by atoms with van der Waals surface area (Å²) in [5, 5.41) is 12.1. The number of carboxylic acid groups (broad SMARTS) is 1. The van der Waals surface area contributed by atoms with E-state index in [1.165, 1.54) is 17.4 Å². The summed E-state index contributed by atoms with van der Waals surface area (Å²) in [6, 6.07) is 13.5. The van der Waals surface area contributed by atoms with Crippen molar-refractivity contribution in [2.24, 2.45) is 0 Å². The average Bonchev–Trinajstić information content (AvgIpc) is 3.05. The standard InChI is InChI=1S/C19H17N3O2S/c1-12-8-9-20-18(10-12)22-17-5-3-4-14(21-17)16-7-6-15(25-16)13(2)11-19(23)24/h3-11H,1-2H3,(H,23,24)(H,20,21,22). The Bertz CT molecular complexity index is 947. The van der Waals surface area contributed by atoms with E-state index in [0.29, 0.717) is 5.82 Å². The number of carboxylic acids is 1. The Hall–Kier alpha value is -2.99. The highest BCUT2D eigenvalue weighted by molar-refractivity contribution is 7.16. The van der Waals surface area contributed by atoms with Gasteiger partial charge in [-0.25, -0.2) is 14.8 Å². The van der Waals surface area contributed by atoms with Crippen LogP contribution in [0.1, 0.15) is 17.4 Å². The quantitative estimate of drug-likeness (QED) is 0.649. The molecular formula is C19H17N3O2S. The highest BCUT2D eigenvalue weighted by atomic mass is 32.1. The second kappa shape index (κ2) is 7.27. The van der Waals surface area contributed by atoms with Crippen molar-refractivity contribution in [2.45, 2.75) is 13.8 Å². The summed E-state index contributed by atoms with van der Waals surface area (Å²) in [7, 11) is 0. The van der Waals surface area contributed by atoms with Crippen molar-refractivity contribution in [1.82, 2.24) is 9.97 Å². The summed E-state index contributed by atoms with van der Waals surface area (Å²) in [5.74, 6) is 0.516. The summed E-state index contributed by atoms with van der Waals surface area (Å²) < 4.78 is 0. The molecule has 6 heteroatoms. The van der Waals surface area contributed by atoms with Crippen LogP contribution in [0, 0.1) is 6.92 Å². The minimum Gasteiger partial charge on any atom is -0.478 e. The molecule has 2 N–H and O–H groups in total. The van der Waals surface area contributed by atoms with Gasteiger partial charge in [0, 0.05) is 17.2 Å². The van der Waals surface area contributed by atoms with Crippen molar-refractivity contribution < 1.29 is 9.90 Å². The molecule has 0 saturated carbocycles. The maximum absolute atomic E-state index is 10.8. The molecule has 0 radical (unpaired) electrons. The highest BCUT2D eigenvalue weighted by Gasteiger charge is 2.08. The first-order chi connectivity index (χ1) is 12.0. The molecule has 0 aliphatic carbocycles. The molecule has 0 atom stereocenters. The lowest BCUT2D eigenvalue weighted by Crippen LogP contribution is -1.96. The van der Waals surface area contributed by atoms with E-state index in [-0.39, 0.29) is 0 Å². The summed E-state index contributed by atoms with van der Waals surface area (Å²) >= 11 is 1.52. The second-order valence-electron chi connectivity index (χ2n) is 5.58. The second-order valence-corrected chi connectivity index (χ2v) is 6.66. The number of aromatic nitrogens is 2. The van der Waals surface area contributed by atoms with Crippen molar-refractivity contribution in [3.63, 3.8) is 0 Å². The molecule has 0 unspecified atom stereocenters. The van der Waals surface area contributed by atoms with Crippen molar-refractivity contribution in [1.29, 1.82) is 0 Å². The van der Waals surface area contributed by atoms with E-state index in [4.69, 9.17) is 5.11 Å². The van der Waals surface area contributed by atoms with Gasteiger partial charge in [-0.1, -0.05) is 6.07 Å². The number of nitrogens with one attached hydrogen (secondary N) is 1. The Balaban J connectivity index is 1.84. The van der Waals surface area contributed by atoms with Crippen LogP contribution in [0.2, 0.25) is 0 Å². The molecule has 0 amide bonds. The van der Waals surface area contributed by atoms with Crippen molar-refractivity contribution in [2.75, 3.05) is 5.32 Å². The van der Waals surface area contributed by atoms with E-state index in [1.54, 1.807) is 13.1 Å². The Kier molecular flexibility index (Phi) is 4.90. The van der Waals surface area contributed by atoms with Gasteiger partial charge < -0.3 is 10.4 Å². The number of carbonyl (C=O) groups is 1. The molecule has 25 heavy (non-hydrogen) atoms. The number of anilines is 2. The first-order valence-electron chi connectivity index (χ1n) is 7.70. The Morgan fingerprint density at radius 2 is 2.04 bits per heavy atom. The van der Waals surface area contributed by atoms with Gasteiger partial charge in [0.2, 0.25) is 0 Å². The fraction of sp³-hybridized carbons (Fsp3) is 0.105. The molecule has 0 aliphatic heterocycles. The molecule has 0 aromatic carbocycles. The number of aryl methyl sites for hydroxylation is 1. The van der Waals surface area contributed by atoms with Gasteiger partial charge in [0.25, 0.3) is 0 Å². The van der Waals surface area contributed by atoms with Gasteiger partial charge in [0.1, 0.15) is 11.6 Å². The molecule has 3 rings (SSSR count). The van der Waals surface area contributed by atoms with Gasteiger partial charge in [-0.3, -0.25) is 0 Å². The maximum atomic E-state index is 10.8. The smallest absolute Gasteiger partial charge is 0.328 e. The van der Waals surface area contributed by atoms with Crippen molar-refractivity contribution in [3.05, 3.63) is 65.2 Å². The number of pyridine rings is 2. The number of aliphatic carboxylic acids is 1. The van der Waals surface area contributed by atoms with Gasteiger partial charge in [0.05, 0.1) is 10.6 Å². The molecule has 0 aliphatic rings. The van der Waals surface area contributed by atoms with Gasteiger partial charge >= 0.3 is 5.97 Å². The van der Waals surface area contributed by atoms with Crippen LogP contribution in [0.25, 0.3) is 16.1 Å². The molecule has 3 aromatic rings. The summed E-state index contributed by atoms with van der Waals surface area (Å²) in [5.41, 5.74) is 2.68. The van der Waals surface area contributed by atoms with Crippen LogP contribution in [0.15, 0.2) is 54.7 Å². The number of thiophene rings is 1. The largest absolute Gasteiger partial charge is 0.478 e. The minimum absolute atomic E-state index is 0.711. The van der Waals surface area contributed by atoms with E-state index in [2.05, 4.69) is 15.3 Å². The van der Waals surface area contributed by atoms with Gasteiger partial charge in [-0.15, -0.1) is 11.3 Å². The molecule has 0 fully saturated rings. The first-order valence-corrected chi connectivity index (χ1v) is 8.51. The van der Waals surface area contributed by atoms with Crippen LogP contribution in [0.3, 0.4) is 0 Å². The zero-order valence-electron chi connectivity index (χ0n) is 13.9. The van der Waals surface area contributed by atoms with E-state index in [1.807, 2.05) is 49.4 Å². The number of hydrogen-bond acceptors (Lipinski definition) is 5. The molecule has 0 spiro atoms. The summed E-state index contributed by atoms with van der Waals surface area (Å²) in [6.07, 6.45) is 2.97. The van der Waals surface area contributed by atoms with Crippen LogP contribution in [0.5, 0.6) is 0 Å². The highest BCUT2D eigenvalue weighted by Crippen LogP contribution is 2.31. The number of allylic oxidation sites excluding steroid dienone is 1. The lowest BCUT2D eigenvalue weighted by Gasteiger charge is -2.06. The zero-order chi connectivity index (χ0) is 17.8. The third-order valence-electron chi connectivity index (χ3n) is 3.51. The molecular weight excluding hydrogens is 334 g/mol. The number of nitrogens with zero attached hydrogens (tertiary/aromatic N) is 2. The maximum Gasteiger partial charge on any atom is 0.328 e. The molecule has 5 nitrogen and oxygen atoms in total. The zero-order valence-corrected chi connectivity index (χ0v) is 14.7. The predicted molar refractivity (Wildman–Crippen MR) is 101 cm³/mol. The summed E-state index contributed by atoms with van der Waals surface area (Å²) in [4.78, 5) is 21.6. The van der Waals surface area contributed by atoms with Gasteiger partial charge in [-0.2, -0.15) is 0 Å². The third-order valence-corrected chi connectivity index (χ3v) is 4.75. The Labute approximate surface area is 149 Å². The first kappa shape index (κ1) is 16.9. The predicted octanol–water partition coefficient (Wildman–Crippen LogP) is 4.75. The van der Waals surface area contributed by atoms with Crippen LogP contribution in [0.4, 0.5) is 11.6 Å². The summed E-state index contributed by atoms with van der Waals surface area (Å²) in [6.45, 7) is 3.80. The SMILES string of the molecule is CC(=CC(=O)O)c1ccc(-c2cccc(Nc3cc(C)ccn3)n2)s1. The van der Waals surface area contributed by atoms with E-state index in [9.17, 15) is 4.79 Å². The number of rotatable bonds is 5. The average molecular weight is 351 g/mol. The van der Waals surface area contributed by atoms with Crippen molar-refractivity contribution >= 4 is 34.5 Å². The van der Waals surface area contributed by atoms with E-state index < -0.39 is 5.97 Å². The Morgan fingerprint density at radius 1 is 1.20 bits per heavy atom. The van der Waals surface area contributed by atoms with Crippen molar-refractivity contribution in [3.8, 4) is 10.6 Å². The molecule has 126 valence electrons. The Morgan fingerprint density at radius 3 is 2.80 bits per heavy atom. The van der Waals surface area contributed by atoms with Crippen LogP contribution in [-0.2, 0) is 4.79 Å². The monoisotopic (exact) mass is 351 g/mol. The lowest BCUT2D eigenvalue weighted by molar-refractivity contribution is -0.131. The fourth-order valence-electron chi connectivity index (χ4n) is 2.32. The van der Waals surface area contributed by atoms with E-state index >= 15 is 0 Å². The molecule has 0 saturated heterocycles. The minimum atomic E-state index is -0.942. The molecule has 0 bridgehead atoms. The lowest BCUT2D eigenvalue weighted by atomic mass is 10.2. The third kappa shape index (κ3) is 4.30. The fourth-order valence-corrected chi connectivity index (χ4v) is 3.27.